The first kappa shape index (κ1) is 12.8. The number of rotatable bonds is 2. The highest BCUT2D eigenvalue weighted by molar-refractivity contribution is 8.15. The highest BCUT2D eigenvalue weighted by atomic mass is 32.2. The van der Waals surface area contributed by atoms with E-state index in [-0.39, 0.29) is 35.3 Å². The number of thioether (sulfide) groups is 1. The summed E-state index contributed by atoms with van der Waals surface area (Å²) in [6, 6.07) is -0.0564. The molecular weight excluding hydrogens is 264 g/mol. The number of hydrogen-bond acceptors (Lipinski definition) is 5. The van der Waals surface area contributed by atoms with Crippen LogP contribution >= 0.6 is 11.8 Å². The normalized spacial score (nSPS) is 33.1. The van der Waals surface area contributed by atoms with Gasteiger partial charge in [-0.25, -0.2) is 8.42 Å². The number of ether oxygens (including phenoxy) is 1. The van der Waals surface area contributed by atoms with Crippen LogP contribution in [0.5, 0.6) is 0 Å². The molecule has 6 nitrogen and oxygen atoms in total. The lowest BCUT2D eigenvalue weighted by Gasteiger charge is -2.17. The summed E-state index contributed by atoms with van der Waals surface area (Å²) in [4.78, 5) is 17.0. The van der Waals surface area contributed by atoms with E-state index in [4.69, 9.17) is 4.74 Å². The van der Waals surface area contributed by atoms with Gasteiger partial charge in [-0.05, 0) is 0 Å². The first-order valence-corrected chi connectivity index (χ1v) is 7.83. The van der Waals surface area contributed by atoms with Gasteiger partial charge in [-0.3, -0.25) is 4.79 Å². The van der Waals surface area contributed by atoms with Crippen LogP contribution in [0.1, 0.15) is 0 Å². The summed E-state index contributed by atoms with van der Waals surface area (Å²) in [5, 5.41) is 0.594. The number of amides is 1. The van der Waals surface area contributed by atoms with Crippen molar-refractivity contribution in [1.29, 1.82) is 0 Å². The van der Waals surface area contributed by atoms with Gasteiger partial charge in [0.25, 0.3) is 5.91 Å². The van der Waals surface area contributed by atoms with Crippen molar-refractivity contribution < 1.29 is 17.9 Å². The molecule has 96 valence electrons. The molecule has 2 atom stereocenters. The standard InChI is InChI=1S/C9H14N2O4S2/c1-11-6-4-17(13,14)5-7(6)16-9(11)10-8(12)3-15-2/h6-7H,3-5H2,1-2H3/t6-,7-/m0/s1. The minimum absolute atomic E-state index is 0.000838. The topological polar surface area (TPSA) is 76.0 Å². The van der Waals surface area contributed by atoms with Crippen LogP contribution in [0, 0.1) is 0 Å². The Balaban J connectivity index is 2.10. The molecule has 0 N–H and O–H groups in total. The van der Waals surface area contributed by atoms with E-state index in [1.807, 2.05) is 0 Å². The molecule has 0 radical (unpaired) electrons. The van der Waals surface area contributed by atoms with Gasteiger partial charge in [0, 0.05) is 19.4 Å². The van der Waals surface area contributed by atoms with Crippen LogP contribution in [0.25, 0.3) is 0 Å². The van der Waals surface area contributed by atoms with Crippen LogP contribution in [0.3, 0.4) is 0 Å². The van der Waals surface area contributed by atoms with Gasteiger partial charge in [0.2, 0.25) is 0 Å². The van der Waals surface area contributed by atoms with Crippen LogP contribution in [0.2, 0.25) is 0 Å². The molecule has 0 unspecified atom stereocenters. The molecule has 2 rings (SSSR count). The van der Waals surface area contributed by atoms with Crippen LogP contribution in [0.15, 0.2) is 4.99 Å². The van der Waals surface area contributed by atoms with E-state index in [1.54, 1.807) is 11.9 Å². The maximum Gasteiger partial charge on any atom is 0.274 e. The minimum Gasteiger partial charge on any atom is -0.375 e. The van der Waals surface area contributed by atoms with Crippen LogP contribution in [-0.2, 0) is 19.4 Å². The van der Waals surface area contributed by atoms with E-state index >= 15 is 0 Å². The van der Waals surface area contributed by atoms with Crippen LogP contribution in [0.4, 0.5) is 0 Å². The summed E-state index contributed by atoms with van der Waals surface area (Å²) in [7, 11) is 0.283. The van der Waals surface area contributed by atoms with Crippen molar-refractivity contribution in [2.45, 2.75) is 11.3 Å². The van der Waals surface area contributed by atoms with Crippen molar-refractivity contribution in [3.8, 4) is 0 Å². The number of sulfone groups is 1. The largest absolute Gasteiger partial charge is 0.375 e. The average molecular weight is 278 g/mol. The summed E-state index contributed by atoms with van der Waals surface area (Å²) < 4.78 is 27.6. The number of hydrogen-bond donors (Lipinski definition) is 0. The maximum absolute atomic E-state index is 11.5. The molecule has 0 spiro atoms. The average Bonchev–Trinajstić information content (AvgIpc) is 2.63. The highest BCUT2D eigenvalue weighted by Gasteiger charge is 2.47. The predicted octanol–water partition coefficient (Wildman–Crippen LogP) is -0.640. The smallest absolute Gasteiger partial charge is 0.274 e. The third-order valence-corrected chi connectivity index (χ3v) is 6.12. The van der Waals surface area contributed by atoms with E-state index in [9.17, 15) is 13.2 Å². The molecule has 0 aromatic rings. The Kier molecular flexibility index (Phi) is 3.46. The zero-order valence-corrected chi connectivity index (χ0v) is 11.3. The van der Waals surface area contributed by atoms with Crippen molar-refractivity contribution in [2.75, 3.05) is 32.3 Å². The van der Waals surface area contributed by atoms with Gasteiger partial charge in [-0.1, -0.05) is 11.8 Å². The molecule has 0 bridgehead atoms. The van der Waals surface area contributed by atoms with E-state index in [0.717, 1.165) is 0 Å². The molecule has 0 saturated carbocycles. The third kappa shape index (κ3) is 2.63. The zero-order chi connectivity index (χ0) is 12.6. The second-order valence-electron chi connectivity index (χ2n) is 4.13. The van der Waals surface area contributed by atoms with Crippen molar-refractivity contribution in [2.24, 2.45) is 4.99 Å². The summed E-state index contributed by atoms with van der Waals surface area (Å²) in [6.07, 6.45) is 0. The Labute approximate surface area is 104 Å². The van der Waals surface area contributed by atoms with E-state index < -0.39 is 9.84 Å². The van der Waals surface area contributed by atoms with Gasteiger partial charge in [-0.2, -0.15) is 4.99 Å². The molecule has 17 heavy (non-hydrogen) atoms. The Hall–Kier alpha value is -0.600. The van der Waals surface area contributed by atoms with Crippen LogP contribution in [-0.4, -0.2) is 68.0 Å². The molecule has 0 aromatic heterocycles. The fraction of sp³-hybridized carbons (Fsp3) is 0.778. The number of carbonyl (C=O) groups excluding carboxylic acids is 1. The first-order chi connectivity index (χ1) is 7.93. The zero-order valence-electron chi connectivity index (χ0n) is 9.62. The SMILES string of the molecule is COCC(=O)N=C1S[C@H]2CS(=O)(=O)C[C@@H]2N1C. The van der Waals surface area contributed by atoms with Crippen LogP contribution < -0.4 is 0 Å². The Morgan fingerprint density at radius 3 is 2.88 bits per heavy atom. The summed E-state index contributed by atoms with van der Waals surface area (Å²) in [5.74, 6) is -0.0206. The second kappa shape index (κ2) is 4.58. The van der Waals surface area contributed by atoms with Gasteiger partial charge >= 0.3 is 0 Å². The number of methoxy groups -OCH3 is 1. The minimum atomic E-state index is -2.93. The number of carbonyl (C=O) groups is 1. The molecule has 1 amide bonds. The Bertz CT molecular complexity index is 460. The maximum atomic E-state index is 11.5. The number of fused-ring (bicyclic) bond motifs is 1. The predicted molar refractivity (Wildman–Crippen MR) is 65.9 cm³/mol. The molecule has 0 aromatic carbocycles. The number of nitrogens with zero attached hydrogens (tertiary/aromatic N) is 2. The van der Waals surface area contributed by atoms with E-state index in [1.165, 1.54) is 18.9 Å². The Morgan fingerprint density at radius 1 is 1.59 bits per heavy atom. The summed E-state index contributed by atoms with van der Waals surface area (Å²) in [6.45, 7) is -0.0501. The monoisotopic (exact) mass is 278 g/mol. The quantitative estimate of drug-likeness (QED) is 0.669. The molecular formula is C9H14N2O4S2. The fourth-order valence-corrected chi connectivity index (χ4v) is 6.01. The number of amidine groups is 1. The lowest BCUT2D eigenvalue weighted by atomic mass is 10.2. The molecule has 2 aliphatic heterocycles. The summed E-state index contributed by atoms with van der Waals surface area (Å²) in [5.41, 5.74) is 0. The number of aliphatic imine (C=N–C) groups is 1. The highest BCUT2D eigenvalue weighted by Crippen LogP contribution is 2.36. The lowest BCUT2D eigenvalue weighted by molar-refractivity contribution is -0.121. The lowest BCUT2D eigenvalue weighted by Crippen LogP contribution is -2.34. The Morgan fingerprint density at radius 2 is 2.29 bits per heavy atom. The first-order valence-electron chi connectivity index (χ1n) is 5.13. The molecule has 2 heterocycles. The second-order valence-corrected chi connectivity index (χ2v) is 7.49. The van der Waals surface area contributed by atoms with E-state index in [2.05, 4.69) is 4.99 Å². The van der Waals surface area contributed by atoms with Gasteiger partial charge in [0.05, 0.1) is 17.5 Å². The van der Waals surface area contributed by atoms with Crippen molar-refractivity contribution >= 4 is 32.7 Å². The van der Waals surface area contributed by atoms with E-state index in [0.29, 0.717) is 5.17 Å². The van der Waals surface area contributed by atoms with Crippen molar-refractivity contribution in [3.63, 3.8) is 0 Å². The fourth-order valence-electron chi connectivity index (χ4n) is 2.00. The summed E-state index contributed by atoms with van der Waals surface area (Å²) >= 11 is 1.37. The van der Waals surface area contributed by atoms with Crippen molar-refractivity contribution in [1.82, 2.24) is 4.90 Å². The molecule has 2 aliphatic rings. The molecule has 2 saturated heterocycles. The van der Waals surface area contributed by atoms with Gasteiger partial charge in [0.15, 0.2) is 15.0 Å². The van der Waals surface area contributed by atoms with Gasteiger partial charge in [-0.15, -0.1) is 0 Å². The van der Waals surface area contributed by atoms with Crippen molar-refractivity contribution in [3.05, 3.63) is 0 Å². The molecule has 2 fully saturated rings. The van der Waals surface area contributed by atoms with Gasteiger partial charge < -0.3 is 9.64 Å². The molecule has 8 heteroatoms. The van der Waals surface area contributed by atoms with Gasteiger partial charge in [0.1, 0.15) is 6.61 Å². The third-order valence-electron chi connectivity index (χ3n) is 2.82. The molecule has 0 aliphatic carbocycles.